The number of fused-ring (bicyclic) bond motifs is 1. The fraction of sp³-hybridized carbons (Fsp3) is 0.318. The van der Waals surface area contributed by atoms with Crippen molar-refractivity contribution in [1.29, 1.82) is 0 Å². The van der Waals surface area contributed by atoms with E-state index in [1.807, 2.05) is 24.3 Å². The lowest BCUT2D eigenvalue weighted by molar-refractivity contribution is -0.139. The number of amides is 2. The Balaban J connectivity index is 1.77. The quantitative estimate of drug-likeness (QED) is 0.694. The minimum Gasteiger partial charge on any atom is -0.480 e. The van der Waals surface area contributed by atoms with E-state index >= 15 is 0 Å². The molecule has 0 radical (unpaired) electrons. The molecule has 0 spiro atoms. The molecule has 7 heteroatoms. The number of halogens is 1. The van der Waals surface area contributed by atoms with Crippen LogP contribution >= 0.6 is 0 Å². The standard InChI is InChI=1S/C22H23FN2O4/c1-13(26)24-16-9-10-19(23)18(12-16)21(27)25-20(22(28)29)11-15-7-4-6-14-5-2-3-8-17(14)15/h2-3,5,8-10,12,15,20H,4,6-7,11H2,1H3,(H,24,26)(H,25,27)(H,28,29). The van der Waals surface area contributed by atoms with Crippen molar-refractivity contribution in [3.63, 3.8) is 0 Å². The number of nitrogens with one attached hydrogen (secondary N) is 2. The molecule has 0 saturated heterocycles. The van der Waals surface area contributed by atoms with Gasteiger partial charge in [0.25, 0.3) is 5.91 Å². The predicted molar refractivity (Wildman–Crippen MR) is 106 cm³/mol. The van der Waals surface area contributed by atoms with Crippen LogP contribution < -0.4 is 10.6 Å². The summed E-state index contributed by atoms with van der Waals surface area (Å²) in [6.07, 6.45) is 2.97. The fourth-order valence-electron chi connectivity index (χ4n) is 3.82. The molecular weight excluding hydrogens is 375 g/mol. The zero-order chi connectivity index (χ0) is 21.0. The van der Waals surface area contributed by atoms with Crippen molar-refractivity contribution in [2.75, 3.05) is 5.32 Å². The van der Waals surface area contributed by atoms with E-state index in [0.29, 0.717) is 0 Å². The molecule has 152 valence electrons. The normalized spacial score (nSPS) is 16.4. The molecule has 0 aliphatic heterocycles. The predicted octanol–water partition coefficient (Wildman–Crippen LogP) is 3.48. The SMILES string of the molecule is CC(=O)Nc1ccc(F)c(C(=O)NC(CC2CCCc3ccccc32)C(=O)O)c1. The van der Waals surface area contributed by atoms with Crippen molar-refractivity contribution in [1.82, 2.24) is 5.32 Å². The van der Waals surface area contributed by atoms with Gasteiger partial charge in [-0.2, -0.15) is 0 Å². The number of anilines is 1. The third-order valence-electron chi connectivity index (χ3n) is 5.15. The van der Waals surface area contributed by atoms with E-state index in [0.717, 1.165) is 30.9 Å². The Bertz CT molecular complexity index is 944. The molecule has 6 nitrogen and oxygen atoms in total. The van der Waals surface area contributed by atoms with E-state index in [9.17, 15) is 23.9 Å². The van der Waals surface area contributed by atoms with Crippen LogP contribution in [-0.2, 0) is 16.0 Å². The number of benzene rings is 2. The Morgan fingerprint density at radius 3 is 2.69 bits per heavy atom. The van der Waals surface area contributed by atoms with Crippen LogP contribution in [-0.4, -0.2) is 28.9 Å². The van der Waals surface area contributed by atoms with Crippen LogP contribution in [0.1, 0.15) is 53.6 Å². The van der Waals surface area contributed by atoms with Gasteiger partial charge in [-0.3, -0.25) is 9.59 Å². The molecule has 0 heterocycles. The second kappa shape index (κ2) is 8.86. The zero-order valence-corrected chi connectivity index (χ0v) is 16.1. The number of aliphatic carboxylic acids is 1. The van der Waals surface area contributed by atoms with E-state index < -0.39 is 23.7 Å². The largest absolute Gasteiger partial charge is 0.480 e. The Kier molecular flexibility index (Phi) is 6.26. The van der Waals surface area contributed by atoms with Gasteiger partial charge in [-0.25, -0.2) is 9.18 Å². The van der Waals surface area contributed by atoms with E-state index in [-0.39, 0.29) is 29.5 Å². The molecule has 2 unspecified atom stereocenters. The van der Waals surface area contributed by atoms with Crippen molar-refractivity contribution in [2.45, 2.75) is 44.6 Å². The van der Waals surface area contributed by atoms with Crippen molar-refractivity contribution >= 4 is 23.5 Å². The maximum absolute atomic E-state index is 14.1. The number of aryl methyl sites for hydroxylation is 1. The summed E-state index contributed by atoms with van der Waals surface area (Å²) >= 11 is 0. The van der Waals surface area contributed by atoms with E-state index in [1.54, 1.807) is 0 Å². The summed E-state index contributed by atoms with van der Waals surface area (Å²) in [5.74, 6) is -3.13. The van der Waals surface area contributed by atoms with Gasteiger partial charge in [0.05, 0.1) is 5.56 Å². The monoisotopic (exact) mass is 398 g/mol. The molecule has 3 N–H and O–H groups in total. The summed E-state index contributed by atoms with van der Waals surface area (Å²) < 4.78 is 14.1. The Hall–Kier alpha value is -3.22. The number of carbonyl (C=O) groups excluding carboxylic acids is 2. The van der Waals surface area contributed by atoms with Crippen LogP contribution in [0.2, 0.25) is 0 Å². The topological polar surface area (TPSA) is 95.5 Å². The molecule has 2 amide bonds. The molecule has 3 rings (SSSR count). The highest BCUT2D eigenvalue weighted by Gasteiger charge is 2.29. The summed E-state index contributed by atoms with van der Waals surface area (Å²) in [6.45, 7) is 1.30. The van der Waals surface area contributed by atoms with E-state index in [2.05, 4.69) is 10.6 Å². The Morgan fingerprint density at radius 2 is 1.97 bits per heavy atom. The highest BCUT2D eigenvalue weighted by atomic mass is 19.1. The van der Waals surface area contributed by atoms with Crippen LogP contribution in [0.3, 0.4) is 0 Å². The number of rotatable bonds is 6. The van der Waals surface area contributed by atoms with Crippen LogP contribution in [0.4, 0.5) is 10.1 Å². The molecule has 2 aromatic carbocycles. The summed E-state index contributed by atoms with van der Waals surface area (Å²) in [6, 6.07) is 10.4. The highest BCUT2D eigenvalue weighted by molar-refractivity contribution is 5.98. The molecule has 1 aliphatic carbocycles. The molecule has 2 aromatic rings. The first-order valence-corrected chi connectivity index (χ1v) is 9.53. The van der Waals surface area contributed by atoms with Gasteiger partial charge in [-0.05, 0) is 60.9 Å². The summed E-state index contributed by atoms with van der Waals surface area (Å²) in [4.78, 5) is 35.5. The lowest BCUT2D eigenvalue weighted by Crippen LogP contribution is -2.42. The average molecular weight is 398 g/mol. The number of hydrogen-bond acceptors (Lipinski definition) is 3. The Morgan fingerprint density at radius 1 is 1.21 bits per heavy atom. The number of hydrogen-bond donors (Lipinski definition) is 3. The number of carbonyl (C=O) groups is 3. The lowest BCUT2D eigenvalue weighted by atomic mass is 9.79. The second-order valence-electron chi connectivity index (χ2n) is 7.26. The van der Waals surface area contributed by atoms with Gasteiger partial charge in [-0.15, -0.1) is 0 Å². The molecule has 0 fully saturated rings. The van der Waals surface area contributed by atoms with Crippen LogP contribution in [0.5, 0.6) is 0 Å². The van der Waals surface area contributed by atoms with Gasteiger partial charge in [0, 0.05) is 12.6 Å². The number of carboxylic acid groups (broad SMARTS) is 1. The second-order valence-corrected chi connectivity index (χ2v) is 7.26. The molecule has 29 heavy (non-hydrogen) atoms. The van der Waals surface area contributed by atoms with Gasteiger partial charge in [0.2, 0.25) is 5.91 Å². The Labute approximate surface area is 168 Å². The highest BCUT2D eigenvalue weighted by Crippen LogP contribution is 2.34. The summed E-state index contributed by atoms with van der Waals surface area (Å²) in [7, 11) is 0. The first-order chi connectivity index (χ1) is 13.8. The van der Waals surface area contributed by atoms with Crippen molar-refractivity contribution < 1.29 is 23.9 Å². The van der Waals surface area contributed by atoms with Crippen molar-refractivity contribution in [3.05, 3.63) is 65.0 Å². The fourth-order valence-corrected chi connectivity index (χ4v) is 3.82. The molecule has 0 aromatic heterocycles. The minimum atomic E-state index is -1.17. The van der Waals surface area contributed by atoms with Crippen molar-refractivity contribution in [2.24, 2.45) is 0 Å². The lowest BCUT2D eigenvalue weighted by Gasteiger charge is -2.28. The average Bonchev–Trinajstić information content (AvgIpc) is 2.68. The van der Waals surface area contributed by atoms with Gasteiger partial charge < -0.3 is 15.7 Å². The van der Waals surface area contributed by atoms with Gasteiger partial charge in [0.15, 0.2) is 0 Å². The van der Waals surface area contributed by atoms with Gasteiger partial charge in [0.1, 0.15) is 11.9 Å². The smallest absolute Gasteiger partial charge is 0.326 e. The minimum absolute atomic E-state index is 0.0110. The van der Waals surface area contributed by atoms with Crippen LogP contribution in [0.15, 0.2) is 42.5 Å². The molecule has 0 bridgehead atoms. The zero-order valence-electron chi connectivity index (χ0n) is 16.1. The maximum Gasteiger partial charge on any atom is 0.326 e. The maximum atomic E-state index is 14.1. The first-order valence-electron chi connectivity index (χ1n) is 9.53. The van der Waals surface area contributed by atoms with E-state index in [1.165, 1.54) is 24.6 Å². The van der Waals surface area contributed by atoms with Crippen LogP contribution in [0, 0.1) is 5.82 Å². The third-order valence-corrected chi connectivity index (χ3v) is 5.15. The summed E-state index contributed by atoms with van der Waals surface area (Å²) in [5.41, 5.74) is 2.26. The molecule has 1 aliphatic rings. The third kappa shape index (κ3) is 4.99. The molecular formula is C22H23FN2O4. The van der Waals surface area contributed by atoms with Gasteiger partial charge in [-0.1, -0.05) is 24.3 Å². The van der Waals surface area contributed by atoms with Gasteiger partial charge >= 0.3 is 5.97 Å². The van der Waals surface area contributed by atoms with Crippen LogP contribution in [0.25, 0.3) is 0 Å². The molecule has 0 saturated carbocycles. The molecule has 2 atom stereocenters. The first kappa shape index (κ1) is 20.5. The van der Waals surface area contributed by atoms with Crippen molar-refractivity contribution in [3.8, 4) is 0 Å². The number of carboxylic acids is 1. The summed E-state index contributed by atoms with van der Waals surface area (Å²) in [5, 5.41) is 14.5. The van der Waals surface area contributed by atoms with E-state index in [4.69, 9.17) is 0 Å².